The normalized spacial score (nSPS) is 12.7. The summed E-state index contributed by atoms with van der Waals surface area (Å²) in [4.78, 5) is 12.8. The Balaban J connectivity index is 1.91. The minimum absolute atomic E-state index is 0.0419. The third-order valence-corrected chi connectivity index (χ3v) is 6.96. The zero-order valence-electron chi connectivity index (χ0n) is 18.1. The second-order valence-electron chi connectivity index (χ2n) is 7.34. The molecule has 1 amide bonds. The van der Waals surface area contributed by atoms with Crippen LogP contribution in [0.4, 0.5) is 18.9 Å². The molecule has 0 aliphatic rings. The first kappa shape index (κ1) is 26.8. The lowest BCUT2D eigenvalue weighted by Gasteiger charge is -2.20. The van der Waals surface area contributed by atoms with Gasteiger partial charge in [0, 0.05) is 5.69 Å². The Kier molecular flexibility index (Phi) is 8.32. The predicted octanol–water partition coefficient (Wildman–Crippen LogP) is 5.55. The molecule has 0 saturated carbocycles. The van der Waals surface area contributed by atoms with E-state index in [1.165, 1.54) is 25.3 Å². The largest absolute Gasteiger partial charge is 0.495 e. The fourth-order valence-electron chi connectivity index (χ4n) is 3.16. The second kappa shape index (κ2) is 10.9. The molecule has 186 valence electrons. The van der Waals surface area contributed by atoms with Crippen LogP contribution in [0.5, 0.6) is 5.75 Å². The molecule has 6 nitrogen and oxygen atoms in total. The molecule has 0 unspecified atom stereocenters. The van der Waals surface area contributed by atoms with E-state index < -0.39 is 38.7 Å². The van der Waals surface area contributed by atoms with Crippen LogP contribution in [0.25, 0.3) is 0 Å². The van der Waals surface area contributed by atoms with E-state index >= 15 is 0 Å². The Morgan fingerprint density at radius 2 is 1.69 bits per heavy atom. The molecular weight excluding hydrogens is 528 g/mol. The Morgan fingerprint density at radius 3 is 2.29 bits per heavy atom. The van der Waals surface area contributed by atoms with Crippen LogP contribution in [-0.2, 0) is 27.4 Å². The third kappa shape index (κ3) is 6.88. The van der Waals surface area contributed by atoms with Crippen molar-refractivity contribution in [3.63, 3.8) is 0 Å². The summed E-state index contributed by atoms with van der Waals surface area (Å²) >= 11 is 11.7. The molecule has 3 rings (SSSR count). The molecule has 1 atom stereocenters. The standard InChI is InChI=1S/C23H19Cl2F3N2O4S/c1-34-21-10-8-16(13-19(21)25)35(32,33)30-20(11-14-5-3-2-4-6-14)22(31)29-15-7-9-18(24)17(12-15)23(26,27)28/h2-10,12-13,20,30H,11H2,1H3,(H,29,31)/t20-/m0/s1. The van der Waals surface area contributed by atoms with Gasteiger partial charge in [-0.15, -0.1) is 0 Å². The average Bonchev–Trinajstić information content (AvgIpc) is 2.79. The fraction of sp³-hybridized carbons (Fsp3) is 0.174. The molecule has 0 saturated heterocycles. The van der Waals surface area contributed by atoms with E-state index in [1.54, 1.807) is 30.3 Å². The number of nitrogens with one attached hydrogen (secondary N) is 2. The topological polar surface area (TPSA) is 84.5 Å². The van der Waals surface area contributed by atoms with Gasteiger partial charge in [-0.05, 0) is 48.4 Å². The number of amides is 1. The summed E-state index contributed by atoms with van der Waals surface area (Å²) in [6.45, 7) is 0. The molecule has 35 heavy (non-hydrogen) atoms. The SMILES string of the molecule is COc1ccc(S(=O)(=O)N[C@@H](Cc2ccccc2)C(=O)Nc2ccc(Cl)c(C(F)(F)F)c2)cc1Cl. The molecule has 0 heterocycles. The summed E-state index contributed by atoms with van der Waals surface area (Å²) in [6.07, 6.45) is -4.81. The van der Waals surface area contributed by atoms with Crippen molar-refractivity contribution in [3.05, 3.63) is 87.9 Å². The zero-order chi connectivity index (χ0) is 25.8. The van der Waals surface area contributed by atoms with Crippen LogP contribution in [-0.4, -0.2) is 27.5 Å². The summed E-state index contributed by atoms with van der Waals surface area (Å²) in [6, 6.07) is 13.8. The first-order chi connectivity index (χ1) is 16.4. The summed E-state index contributed by atoms with van der Waals surface area (Å²) in [5.41, 5.74) is -0.711. The molecule has 0 aromatic heterocycles. The van der Waals surface area contributed by atoms with Crippen molar-refractivity contribution in [2.45, 2.75) is 23.5 Å². The number of sulfonamides is 1. The van der Waals surface area contributed by atoms with Gasteiger partial charge in [-0.1, -0.05) is 53.5 Å². The van der Waals surface area contributed by atoms with Gasteiger partial charge in [0.25, 0.3) is 0 Å². The average molecular weight is 547 g/mol. The maximum absolute atomic E-state index is 13.2. The van der Waals surface area contributed by atoms with Gasteiger partial charge in [-0.3, -0.25) is 4.79 Å². The van der Waals surface area contributed by atoms with Crippen molar-refractivity contribution in [1.82, 2.24) is 4.72 Å². The van der Waals surface area contributed by atoms with Gasteiger partial charge in [0.1, 0.15) is 11.8 Å². The minimum Gasteiger partial charge on any atom is -0.495 e. The van der Waals surface area contributed by atoms with Crippen molar-refractivity contribution >= 4 is 44.8 Å². The summed E-state index contributed by atoms with van der Waals surface area (Å²) in [7, 11) is -2.88. The summed E-state index contributed by atoms with van der Waals surface area (Å²) in [5, 5.41) is 1.84. The summed E-state index contributed by atoms with van der Waals surface area (Å²) < 4.78 is 73.0. The molecule has 0 spiro atoms. The lowest BCUT2D eigenvalue weighted by Crippen LogP contribution is -2.45. The number of carbonyl (C=O) groups is 1. The number of rotatable bonds is 8. The monoisotopic (exact) mass is 546 g/mol. The Morgan fingerprint density at radius 1 is 1.00 bits per heavy atom. The van der Waals surface area contributed by atoms with Crippen LogP contribution in [0.1, 0.15) is 11.1 Å². The van der Waals surface area contributed by atoms with Crippen LogP contribution in [0.15, 0.2) is 71.6 Å². The van der Waals surface area contributed by atoms with Gasteiger partial charge in [0.2, 0.25) is 15.9 Å². The third-order valence-electron chi connectivity index (χ3n) is 4.87. The van der Waals surface area contributed by atoms with Gasteiger partial charge >= 0.3 is 6.18 Å². The minimum atomic E-state index is -4.74. The molecule has 12 heteroatoms. The smallest absolute Gasteiger partial charge is 0.417 e. The van der Waals surface area contributed by atoms with E-state index in [0.717, 1.165) is 12.1 Å². The number of carbonyl (C=O) groups excluding carboxylic acids is 1. The highest BCUT2D eigenvalue weighted by molar-refractivity contribution is 7.89. The lowest BCUT2D eigenvalue weighted by atomic mass is 10.1. The molecule has 0 aliphatic carbocycles. The number of hydrogen-bond acceptors (Lipinski definition) is 4. The molecule has 3 aromatic carbocycles. The molecule has 0 fully saturated rings. The van der Waals surface area contributed by atoms with Crippen molar-refractivity contribution < 1.29 is 31.1 Å². The first-order valence-electron chi connectivity index (χ1n) is 9.98. The zero-order valence-corrected chi connectivity index (χ0v) is 20.4. The molecule has 3 aromatic rings. The van der Waals surface area contributed by atoms with E-state index in [9.17, 15) is 26.4 Å². The van der Waals surface area contributed by atoms with Gasteiger partial charge in [-0.2, -0.15) is 17.9 Å². The van der Waals surface area contributed by atoms with Gasteiger partial charge in [-0.25, -0.2) is 8.42 Å². The first-order valence-corrected chi connectivity index (χ1v) is 12.2. The van der Waals surface area contributed by atoms with Crippen LogP contribution < -0.4 is 14.8 Å². The number of methoxy groups -OCH3 is 1. The highest BCUT2D eigenvalue weighted by Gasteiger charge is 2.34. The quantitative estimate of drug-likeness (QED) is 0.388. The van der Waals surface area contributed by atoms with Crippen molar-refractivity contribution in [2.24, 2.45) is 0 Å². The van der Waals surface area contributed by atoms with E-state index in [4.69, 9.17) is 27.9 Å². The molecule has 0 bridgehead atoms. The van der Waals surface area contributed by atoms with Gasteiger partial charge in [0.15, 0.2) is 0 Å². The lowest BCUT2D eigenvalue weighted by molar-refractivity contribution is -0.137. The van der Waals surface area contributed by atoms with E-state index in [2.05, 4.69) is 10.0 Å². The second-order valence-corrected chi connectivity index (χ2v) is 9.87. The van der Waals surface area contributed by atoms with Gasteiger partial charge < -0.3 is 10.1 Å². The molecule has 0 aliphatic heterocycles. The maximum atomic E-state index is 13.2. The number of ether oxygens (including phenoxy) is 1. The van der Waals surface area contributed by atoms with Crippen LogP contribution in [0.2, 0.25) is 10.0 Å². The number of halogens is 5. The van der Waals surface area contributed by atoms with Crippen molar-refractivity contribution in [3.8, 4) is 5.75 Å². The fourth-order valence-corrected chi connectivity index (χ4v) is 4.93. The number of benzene rings is 3. The Labute approximate surface area is 210 Å². The number of anilines is 1. The van der Waals surface area contributed by atoms with Crippen LogP contribution >= 0.6 is 23.2 Å². The molecule has 2 N–H and O–H groups in total. The van der Waals surface area contributed by atoms with Crippen molar-refractivity contribution in [1.29, 1.82) is 0 Å². The predicted molar refractivity (Wildman–Crippen MR) is 127 cm³/mol. The Bertz CT molecular complexity index is 1320. The van der Waals surface area contributed by atoms with Crippen molar-refractivity contribution in [2.75, 3.05) is 12.4 Å². The van der Waals surface area contributed by atoms with E-state index in [-0.39, 0.29) is 27.8 Å². The number of alkyl halides is 3. The van der Waals surface area contributed by atoms with E-state index in [1.807, 2.05) is 0 Å². The highest BCUT2D eigenvalue weighted by Crippen LogP contribution is 2.36. The van der Waals surface area contributed by atoms with Gasteiger partial charge in [0.05, 0.1) is 27.6 Å². The highest BCUT2D eigenvalue weighted by atomic mass is 35.5. The molecular formula is C23H19Cl2F3N2O4S. The molecule has 0 radical (unpaired) electrons. The van der Waals surface area contributed by atoms with Crippen LogP contribution in [0.3, 0.4) is 0 Å². The number of hydrogen-bond donors (Lipinski definition) is 2. The maximum Gasteiger partial charge on any atom is 0.417 e. The Hall–Kier alpha value is -2.79. The van der Waals surface area contributed by atoms with Crippen LogP contribution in [0, 0.1) is 0 Å². The van der Waals surface area contributed by atoms with E-state index in [0.29, 0.717) is 11.6 Å². The summed E-state index contributed by atoms with van der Waals surface area (Å²) in [5.74, 6) is -0.611.